The Morgan fingerprint density at radius 3 is 0.701 bits per heavy atom. The van der Waals surface area contributed by atoms with Gasteiger partial charge in [0.25, 0.3) is 0 Å². The first-order valence-corrected chi connectivity index (χ1v) is 43.6. The Balaban J connectivity index is 5.20. The Morgan fingerprint density at radius 2 is 0.474 bits per heavy atom. The summed E-state index contributed by atoms with van der Waals surface area (Å²) in [6, 6.07) is 0. The smallest absolute Gasteiger partial charge is 0.462 e. The molecule has 0 aliphatic carbocycles. The molecule has 0 heterocycles. The van der Waals surface area contributed by atoms with Gasteiger partial charge in [-0.15, -0.1) is 0 Å². The Morgan fingerprint density at radius 1 is 0.278 bits per heavy atom. The van der Waals surface area contributed by atoms with Gasteiger partial charge in [0.2, 0.25) is 0 Å². The molecule has 0 amide bonds. The van der Waals surface area contributed by atoms with E-state index in [0.29, 0.717) is 31.6 Å². The largest absolute Gasteiger partial charge is 0.472 e. The maximum Gasteiger partial charge on any atom is 0.472 e. The molecule has 0 radical (unpaired) electrons. The number of aliphatic hydroxyl groups excluding tert-OH is 1. The maximum atomic E-state index is 13.1. The third-order valence-corrected chi connectivity index (χ3v) is 20.2. The number of unbranched alkanes of at least 4 members (excludes halogenated alkanes) is 50. The Bertz CT molecular complexity index is 1860. The average Bonchev–Trinajstić information content (AvgIpc) is 1.24. The number of phosphoric acid groups is 2. The van der Waals surface area contributed by atoms with Crippen LogP contribution >= 0.6 is 15.6 Å². The molecular weight excluding hydrogens is 1270 g/mol. The fourth-order valence-corrected chi connectivity index (χ4v) is 13.6. The summed E-state index contributed by atoms with van der Waals surface area (Å²) in [5, 5.41) is 10.6. The van der Waals surface area contributed by atoms with E-state index in [1.165, 1.54) is 238 Å². The van der Waals surface area contributed by atoms with Gasteiger partial charge in [-0.25, -0.2) is 9.13 Å². The molecule has 0 saturated carbocycles. The first-order chi connectivity index (χ1) is 47.0. The molecule has 0 aromatic heterocycles. The van der Waals surface area contributed by atoms with Crippen molar-refractivity contribution in [3.05, 3.63) is 0 Å². The monoisotopic (exact) mass is 1420 g/mol. The first-order valence-electron chi connectivity index (χ1n) is 40.6. The summed E-state index contributed by atoms with van der Waals surface area (Å²) in [7, 11) is -9.91. The standard InChI is InChI=1S/C78H152O17P2/c1-6-9-12-15-18-21-24-26-28-30-32-34-36-38-40-43-48-53-58-63-77(82)94-73(67-89-76(81)62-57-52-47-42-39-37-35-33-31-29-27-25-22-19-16-13-10-7-2)69-92-96(84,85)90-65-72(79)66-91-97(86,87)93-70-74(95-78(83)64-59-54-49-44-45-50-55-60-71(4)5)68-88-75(80)61-56-51-46-41-23-20-17-14-11-8-3/h71-74,79H,6-70H2,1-5H3,(H,84,85)(H,86,87)/t72-,73-,74-/m1/s1. The molecule has 576 valence electrons. The number of carbonyl (C=O) groups is 4. The number of rotatable bonds is 78. The van der Waals surface area contributed by atoms with E-state index in [-0.39, 0.29) is 25.7 Å². The van der Waals surface area contributed by atoms with Crippen molar-refractivity contribution in [1.82, 2.24) is 0 Å². The number of aliphatic hydroxyl groups is 1. The van der Waals surface area contributed by atoms with Crippen molar-refractivity contribution in [3.63, 3.8) is 0 Å². The molecule has 3 N–H and O–H groups in total. The molecule has 0 bridgehead atoms. The predicted molar refractivity (Wildman–Crippen MR) is 395 cm³/mol. The third kappa shape index (κ3) is 72.2. The fourth-order valence-electron chi connectivity index (χ4n) is 12.1. The summed E-state index contributed by atoms with van der Waals surface area (Å²) in [6.07, 6.45) is 61.2. The molecule has 5 atom stereocenters. The summed E-state index contributed by atoms with van der Waals surface area (Å²) in [6.45, 7) is 7.23. The zero-order valence-corrected chi connectivity index (χ0v) is 65.0. The van der Waals surface area contributed by atoms with E-state index < -0.39 is 97.5 Å². The molecule has 0 rings (SSSR count). The first kappa shape index (κ1) is 95.1. The second kappa shape index (κ2) is 71.1. The topological polar surface area (TPSA) is 237 Å². The van der Waals surface area contributed by atoms with Crippen LogP contribution in [0.25, 0.3) is 0 Å². The van der Waals surface area contributed by atoms with E-state index in [4.69, 9.17) is 37.0 Å². The number of hydrogen-bond donors (Lipinski definition) is 3. The van der Waals surface area contributed by atoms with Crippen LogP contribution in [0.3, 0.4) is 0 Å². The molecular formula is C78H152O17P2. The van der Waals surface area contributed by atoms with E-state index in [1.54, 1.807) is 0 Å². The zero-order chi connectivity index (χ0) is 71.2. The lowest BCUT2D eigenvalue weighted by atomic mass is 10.0. The summed E-state index contributed by atoms with van der Waals surface area (Å²) in [4.78, 5) is 72.8. The van der Waals surface area contributed by atoms with E-state index in [1.807, 2.05) is 0 Å². The Kier molecular flexibility index (Phi) is 69.6. The number of hydrogen-bond acceptors (Lipinski definition) is 15. The number of phosphoric ester groups is 2. The van der Waals surface area contributed by atoms with Gasteiger partial charge in [0.15, 0.2) is 12.2 Å². The second-order valence-corrected chi connectivity index (χ2v) is 31.5. The van der Waals surface area contributed by atoms with Crippen molar-refractivity contribution in [3.8, 4) is 0 Å². The Hall–Kier alpha value is -1.94. The van der Waals surface area contributed by atoms with Gasteiger partial charge in [-0.1, -0.05) is 362 Å². The Labute approximate surface area is 594 Å². The molecule has 17 nitrogen and oxygen atoms in total. The van der Waals surface area contributed by atoms with Gasteiger partial charge in [0, 0.05) is 25.7 Å². The molecule has 0 aliphatic heterocycles. The highest BCUT2D eigenvalue weighted by molar-refractivity contribution is 7.47. The van der Waals surface area contributed by atoms with Gasteiger partial charge in [-0.05, 0) is 31.6 Å². The molecule has 0 aliphatic rings. The highest BCUT2D eigenvalue weighted by atomic mass is 31.2. The predicted octanol–water partition coefficient (Wildman–Crippen LogP) is 23.3. The van der Waals surface area contributed by atoms with Crippen LogP contribution in [-0.4, -0.2) is 96.7 Å². The van der Waals surface area contributed by atoms with Crippen LogP contribution in [0.2, 0.25) is 0 Å². The van der Waals surface area contributed by atoms with Crippen molar-refractivity contribution in [2.75, 3.05) is 39.6 Å². The molecule has 0 spiro atoms. The lowest BCUT2D eigenvalue weighted by molar-refractivity contribution is -0.161. The fraction of sp³-hybridized carbons (Fsp3) is 0.949. The SMILES string of the molecule is CCCCCCCCCCCCCCCCCCCCCC(=O)O[C@H](COC(=O)CCCCCCCCCCCCCCCCCCCC)COP(=O)(O)OC[C@@H](O)COP(=O)(O)OC[C@@H](COC(=O)CCCCCCCCCCCC)OC(=O)CCCCCCCCCC(C)C. The third-order valence-electron chi connectivity index (χ3n) is 18.3. The van der Waals surface area contributed by atoms with Crippen molar-refractivity contribution in [2.24, 2.45) is 5.92 Å². The van der Waals surface area contributed by atoms with Crippen molar-refractivity contribution in [1.29, 1.82) is 0 Å². The summed E-state index contributed by atoms with van der Waals surface area (Å²) < 4.78 is 68.5. The van der Waals surface area contributed by atoms with Crippen LogP contribution in [-0.2, 0) is 65.4 Å². The molecule has 0 aromatic carbocycles. The minimum atomic E-state index is -4.96. The molecule has 0 aromatic rings. The number of esters is 4. The summed E-state index contributed by atoms with van der Waals surface area (Å²) in [5.41, 5.74) is 0. The number of ether oxygens (including phenoxy) is 4. The van der Waals surface area contributed by atoms with Crippen LogP contribution in [0.15, 0.2) is 0 Å². The van der Waals surface area contributed by atoms with Gasteiger partial charge in [0.1, 0.15) is 19.3 Å². The molecule has 97 heavy (non-hydrogen) atoms. The quantitative estimate of drug-likeness (QED) is 0.0222. The van der Waals surface area contributed by atoms with E-state index in [0.717, 1.165) is 89.9 Å². The highest BCUT2D eigenvalue weighted by Crippen LogP contribution is 2.45. The van der Waals surface area contributed by atoms with Gasteiger partial charge in [-0.3, -0.25) is 37.3 Å². The maximum absolute atomic E-state index is 13.1. The van der Waals surface area contributed by atoms with Crippen LogP contribution in [0.5, 0.6) is 0 Å². The molecule has 2 unspecified atom stereocenters. The minimum Gasteiger partial charge on any atom is -0.462 e. The minimum absolute atomic E-state index is 0.104. The van der Waals surface area contributed by atoms with Crippen LogP contribution < -0.4 is 0 Å². The summed E-state index contributed by atoms with van der Waals surface area (Å²) in [5.74, 6) is -1.42. The van der Waals surface area contributed by atoms with Gasteiger partial charge in [-0.2, -0.15) is 0 Å². The lowest BCUT2D eigenvalue weighted by Gasteiger charge is -2.21. The second-order valence-electron chi connectivity index (χ2n) is 28.6. The van der Waals surface area contributed by atoms with Gasteiger partial charge in [0.05, 0.1) is 26.4 Å². The van der Waals surface area contributed by atoms with Crippen LogP contribution in [0, 0.1) is 5.92 Å². The normalized spacial score (nSPS) is 13.9. The van der Waals surface area contributed by atoms with Gasteiger partial charge < -0.3 is 33.8 Å². The summed E-state index contributed by atoms with van der Waals surface area (Å²) >= 11 is 0. The number of carbonyl (C=O) groups excluding carboxylic acids is 4. The molecule has 0 fully saturated rings. The average molecular weight is 1420 g/mol. The van der Waals surface area contributed by atoms with Crippen LogP contribution in [0.4, 0.5) is 0 Å². The van der Waals surface area contributed by atoms with E-state index in [2.05, 4.69) is 34.6 Å². The highest BCUT2D eigenvalue weighted by Gasteiger charge is 2.30. The van der Waals surface area contributed by atoms with Crippen molar-refractivity contribution < 1.29 is 80.2 Å². The van der Waals surface area contributed by atoms with Gasteiger partial charge >= 0.3 is 39.5 Å². The molecule has 0 saturated heterocycles. The van der Waals surface area contributed by atoms with E-state index in [9.17, 15) is 43.2 Å². The van der Waals surface area contributed by atoms with Crippen LogP contribution in [0.1, 0.15) is 413 Å². The zero-order valence-electron chi connectivity index (χ0n) is 63.2. The molecule has 19 heteroatoms. The van der Waals surface area contributed by atoms with E-state index >= 15 is 0 Å². The van der Waals surface area contributed by atoms with Crippen molar-refractivity contribution >= 4 is 39.5 Å². The van der Waals surface area contributed by atoms with Crippen molar-refractivity contribution in [2.45, 2.75) is 432 Å². The lowest BCUT2D eigenvalue weighted by Crippen LogP contribution is -2.30.